The average molecular weight is 427 g/mol. The van der Waals surface area contributed by atoms with Gasteiger partial charge in [-0.2, -0.15) is 0 Å². The number of hydrogen-bond acceptors (Lipinski definition) is 6. The zero-order valence-electron chi connectivity index (χ0n) is 18.3. The van der Waals surface area contributed by atoms with Gasteiger partial charge in [0.05, 0.1) is 6.10 Å². The number of hydrogen-bond donors (Lipinski definition) is 2. The highest BCUT2D eigenvalue weighted by Crippen LogP contribution is 2.58. The first-order valence-electron chi connectivity index (χ1n) is 10.8. The predicted octanol–water partition coefficient (Wildman–Crippen LogP) is 3.10. The summed E-state index contributed by atoms with van der Waals surface area (Å²) in [5.74, 6) is -1.86. The second kappa shape index (κ2) is 6.85. The first-order valence-corrected chi connectivity index (χ1v) is 10.8. The van der Waals surface area contributed by atoms with Crippen molar-refractivity contribution in [3.8, 4) is 0 Å². The van der Waals surface area contributed by atoms with Crippen molar-refractivity contribution in [3.63, 3.8) is 0 Å². The minimum atomic E-state index is -1.60. The molecule has 0 spiro atoms. The summed E-state index contributed by atoms with van der Waals surface area (Å²) < 4.78 is 25.0. The Morgan fingerprint density at radius 1 is 0.806 bits per heavy atom. The lowest BCUT2D eigenvalue weighted by Gasteiger charge is -2.52. The van der Waals surface area contributed by atoms with Crippen LogP contribution in [0.2, 0.25) is 0 Å². The predicted molar refractivity (Wildman–Crippen MR) is 113 cm³/mol. The van der Waals surface area contributed by atoms with Crippen molar-refractivity contribution in [2.45, 2.75) is 81.3 Å². The van der Waals surface area contributed by atoms with Crippen LogP contribution in [-0.2, 0) is 24.5 Å². The summed E-state index contributed by atoms with van der Waals surface area (Å²) in [7, 11) is 0. The number of fused-ring (bicyclic) bond motifs is 2. The first-order chi connectivity index (χ1) is 14.6. The number of aliphatic hydroxyl groups excluding tert-OH is 1. The summed E-state index contributed by atoms with van der Waals surface area (Å²) in [4.78, 5) is 0. The molecule has 1 saturated carbocycles. The van der Waals surface area contributed by atoms with E-state index < -0.39 is 47.2 Å². The van der Waals surface area contributed by atoms with Crippen molar-refractivity contribution < 1.29 is 29.2 Å². The van der Waals surface area contributed by atoms with E-state index in [1.54, 1.807) is 13.8 Å². The highest BCUT2D eigenvalue weighted by Gasteiger charge is 2.73. The van der Waals surface area contributed by atoms with Gasteiger partial charge in [0.2, 0.25) is 0 Å². The molecule has 5 rings (SSSR count). The van der Waals surface area contributed by atoms with Crippen molar-refractivity contribution in [2.24, 2.45) is 0 Å². The first kappa shape index (κ1) is 21.1. The molecule has 0 amide bonds. The third-order valence-corrected chi connectivity index (χ3v) is 6.67. The van der Waals surface area contributed by atoms with Crippen LogP contribution in [0.4, 0.5) is 0 Å². The number of rotatable bonds is 3. The van der Waals surface area contributed by atoms with Crippen LogP contribution in [0.15, 0.2) is 60.7 Å². The summed E-state index contributed by atoms with van der Waals surface area (Å²) in [5, 5.41) is 24.0. The maximum atomic E-state index is 12.6. The maximum Gasteiger partial charge on any atom is 0.164 e. The molecular weight excluding hydrogens is 396 g/mol. The Morgan fingerprint density at radius 2 is 1.35 bits per heavy atom. The smallest absolute Gasteiger partial charge is 0.164 e. The fourth-order valence-corrected chi connectivity index (χ4v) is 5.65. The summed E-state index contributed by atoms with van der Waals surface area (Å²) in [6.07, 6.45) is -2.60. The molecule has 2 aromatic rings. The number of aliphatic hydroxyl groups is 2. The van der Waals surface area contributed by atoms with Crippen molar-refractivity contribution in [1.29, 1.82) is 0 Å². The molecule has 5 atom stereocenters. The molecule has 6 nitrogen and oxygen atoms in total. The zero-order valence-corrected chi connectivity index (χ0v) is 18.3. The second-order valence-corrected chi connectivity index (χ2v) is 9.71. The zero-order chi connectivity index (χ0) is 22.1. The van der Waals surface area contributed by atoms with Crippen LogP contribution in [0.25, 0.3) is 0 Å². The van der Waals surface area contributed by atoms with E-state index in [2.05, 4.69) is 0 Å². The minimum Gasteiger partial charge on any atom is -0.387 e. The Kier molecular flexibility index (Phi) is 4.65. The second-order valence-electron chi connectivity index (χ2n) is 9.71. The van der Waals surface area contributed by atoms with Gasteiger partial charge in [-0.25, -0.2) is 0 Å². The molecule has 2 saturated heterocycles. The molecule has 0 unspecified atom stereocenters. The van der Waals surface area contributed by atoms with Crippen LogP contribution in [-0.4, -0.2) is 51.8 Å². The Morgan fingerprint density at radius 3 is 1.90 bits per heavy atom. The minimum absolute atomic E-state index is 0.298. The van der Waals surface area contributed by atoms with Gasteiger partial charge in [0.1, 0.15) is 29.5 Å². The van der Waals surface area contributed by atoms with Gasteiger partial charge in [-0.3, -0.25) is 0 Å². The molecule has 1 aliphatic carbocycles. The lowest BCUT2D eigenvalue weighted by Crippen LogP contribution is -2.68. The largest absolute Gasteiger partial charge is 0.387 e. The molecule has 0 radical (unpaired) electrons. The van der Waals surface area contributed by atoms with Crippen molar-refractivity contribution in [1.82, 2.24) is 0 Å². The Bertz CT molecular complexity index is 903. The standard InChI is InChI=1S/C25H30O6/c1-22(2)28-18-15-24(21(19(26)20(18)29-22)30-23(3,4)31-24)25(27,16-11-7-5-8-12-16)17-13-9-6-10-14-17/h5-14,18-21,26-27H,15H2,1-4H3/t18-,19-,20-,21+,24-/m1/s1. The molecule has 2 heterocycles. The Balaban J connectivity index is 1.73. The van der Waals surface area contributed by atoms with Gasteiger partial charge >= 0.3 is 0 Å². The van der Waals surface area contributed by atoms with E-state index in [9.17, 15) is 10.2 Å². The van der Waals surface area contributed by atoms with Crippen LogP contribution in [0, 0.1) is 0 Å². The van der Waals surface area contributed by atoms with Crippen molar-refractivity contribution in [2.75, 3.05) is 0 Å². The summed E-state index contributed by atoms with van der Waals surface area (Å²) >= 11 is 0. The van der Waals surface area contributed by atoms with Gasteiger partial charge in [-0.05, 0) is 38.8 Å². The van der Waals surface area contributed by atoms with E-state index in [4.69, 9.17) is 18.9 Å². The van der Waals surface area contributed by atoms with E-state index >= 15 is 0 Å². The van der Waals surface area contributed by atoms with Gasteiger partial charge in [0.15, 0.2) is 11.6 Å². The van der Waals surface area contributed by atoms with E-state index in [-0.39, 0.29) is 0 Å². The molecular formula is C25H30O6. The van der Waals surface area contributed by atoms with Gasteiger partial charge < -0.3 is 29.2 Å². The molecule has 3 fully saturated rings. The molecule has 3 aliphatic rings. The topological polar surface area (TPSA) is 77.4 Å². The molecule has 31 heavy (non-hydrogen) atoms. The fraction of sp³-hybridized carbons (Fsp3) is 0.520. The monoisotopic (exact) mass is 426 g/mol. The lowest BCUT2D eigenvalue weighted by molar-refractivity contribution is -0.228. The summed E-state index contributed by atoms with van der Waals surface area (Å²) in [6, 6.07) is 18.9. The summed E-state index contributed by atoms with van der Waals surface area (Å²) in [6.45, 7) is 7.26. The van der Waals surface area contributed by atoms with E-state index in [0.717, 1.165) is 0 Å². The number of benzene rings is 2. The fourth-order valence-electron chi connectivity index (χ4n) is 5.65. The molecule has 2 aromatic carbocycles. The average Bonchev–Trinajstić information content (AvgIpc) is 3.21. The third-order valence-electron chi connectivity index (χ3n) is 6.67. The maximum absolute atomic E-state index is 12.6. The Hall–Kier alpha value is -1.80. The normalized spacial score (nSPS) is 36.1. The van der Waals surface area contributed by atoms with Crippen molar-refractivity contribution in [3.05, 3.63) is 71.8 Å². The van der Waals surface area contributed by atoms with Crippen LogP contribution in [0.1, 0.15) is 45.2 Å². The van der Waals surface area contributed by atoms with E-state index in [0.29, 0.717) is 17.5 Å². The van der Waals surface area contributed by atoms with Gasteiger partial charge in [0, 0.05) is 6.42 Å². The van der Waals surface area contributed by atoms with Gasteiger partial charge in [-0.1, -0.05) is 60.7 Å². The van der Waals surface area contributed by atoms with Crippen LogP contribution < -0.4 is 0 Å². The van der Waals surface area contributed by atoms with Crippen molar-refractivity contribution >= 4 is 0 Å². The van der Waals surface area contributed by atoms with Crippen LogP contribution in [0.3, 0.4) is 0 Å². The SMILES string of the molecule is CC1(C)O[C@H]2[C@@H](O)[C@@H]3OC(C)(C)O[C@]3(C(O)(c3ccccc3)c3ccccc3)C[C@H]2O1. The highest BCUT2D eigenvalue weighted by atomic mass is 16.8. The Labute approximate surface area is 182 Å². The van der Waals surface area contributed by atoms with Gasteiger partial charge in [0.25, 0.3) is 0 Å². The third kappa shape index (κ3) is 3.09. The molecule has 0 bridgehead atoms. The quantitative estimate of drug-likeness (QED) is 0.786. The summed E-state index contributed by atoms with van der Waals surface area (Å²) in [5.41, 5.74) is -1.58. The lowest BCUT2D eigenvalue weighted by atomic mass is 9.63. The molecule has 6 heteroatoms. The molecule has 2 N–H and O–H groups in total. The molecule has 0 aromatic heterocycles. The molecule has 2 aliphatic heterocycles. The van der Waals surface area contributed by atoms with Crippen LogP contribution >= 0.6 is 0 Å². The molecule has 166 valence electrons. The number of ether oxygens (including phenoxy) is 4. The van der Waals surface area contributed by atoms with Crippen LogP contribution in [0.5, 0.6) is 0 Å². The van der Waals surface area contributed by atoms with E-state index in [1.807, 2.05) is 74.5 Å². The van der Waals surface area contributed by atoms with E-state index in [1.165, 1.54) is 0 Å². The highest BCUT2D eigenvalue weighted by molar-refractivity contribution is 5.42. The van der Waals surface area contributed by atoms with Gasteiger partial charge in [-0.15, -0.1) is 0 Å².